The molecular formula is C8H10BrN. The Morgan fingerprint density at radius 1 is 1.50 bits per heavy atom. The summed E-state index contributed by atoms with van der Waals surface area (Å²) in [6.45, 7) is 2.06. The number of hydrogen-bond acceptors (Lipinski definition) is 1. The summed E-state index contributed by atoms with van der Waals surface area (Å²) in [7, 11) is 0. The van der Waals surface area contributed by atoms with E-state index in [0.717, 1.165) is 11.0 Å². The Morgan fingerprint density at radius 2 is 2.20 bits per heavy atom. The number of hydrogen-bond donors (Lipinski definition) is 1. The average molecular weight is 200 g/mol. The number of nitrogens with two attached hydrogens (primary N) is 1. The molecule has 1 aromatic carbocycles. The average Bonchev–Trinajstić information content (AvgIpc) is 1.94. The molecule has 0 atom stereocenters. The second-order valence-corrected chi connectivity index (χ2v) is 2.90. The largest absolute Gasteiger partial charge is 0.398 e. The van der Waals surface area contributed by atoms with Crippen LogP contribution >= 0.6 is 15.9 Å². The molecule has 0 saturated carbocycles. The molecule has 1 nitrogen and oxygen atoms in total. The van der Waals surface area contributed by atoms with Gasteiger partial charge in [0, 0.05) is 11.0 Å². The fraction of sp³-hybridized carbons (Fsp3) is 0.250. The molecule has 0 spiro atoms. The Bertz CT molecular complexity index is 233. The third-order valence-corrected chi connectivity index (χ3v) is 2.05. The zero-order valence-corrected chi connectivity index (χ0v) is 7.48. The van der Waals surface area contributed by atoms with E-state index in [9.17, 15) is 0 Å². The van der Waals surface area contributed by atoms with Crippen molar-refractivity contribution in [3.63, 3.8) is 0 Å². The first-order valence-corrected chi connectivity index (χ1v) is 4.27. The van der Waals surface area contributed by atoms with E-state index in [1.165, 1.54) is 11.1 Å². The van der Waals surface area contributed by atoms with E-state index < -0.39 is 0 Å². The van der Waals surface area contributed by atoms with E-state index in [-0.39, 0.29) is 0 Å². The second kappa shape index (κ2) is 3.06. The van der Waals surface area contributed by atoms with Gasteiger partial charge in [0.15, 0.2) is 0 Å². The SMILES string of the molecule is Cc1ccc(N)c(CBr)c1. The molecule has 0 aliphatic rings. The van der Waals surface area contributed by atoms with E-state index in [1.54, 1.807) is 0 Å². The number of alkyl halides is 1. The maximum absolute atomic E-state index is 5.67. The molecule has 0 fully saturated rings. The second-order valence-electron chi connectivity index (χ2n) is 2.34. The highest BCUT2D eigenvalue weighted by Crippen LogP contribution is 2.15. The van der Waals surface area contributed by atoms with E-state index in [1.807, 2.05) is 12.1 Å². The van der Waals surface area contributed by atoms with E-state index in [0.29, 0.717) is 0 Å². The molecule has 1 rings (SSSR count). The number of aryl methyl sites for hydroxylation is 1. The van der Waals surface area contributed by atoms with Crippen molar-refractivity contribution in [1.82, 2.24) is 0 Å². The number of rotatable bonds is 1. The lowest BCUT2D eigenvalue weighted by Crippen LogP contribution is -1.91. The first kappa shape index (κ1) is 7.61. The maximum atomic E-state index is 5.67. The van der Waals surface area contributed by atoms with E-state index >= 15 is 0 Å². The van der Waals surface area contributed by atoms with Crippen LogP contribution in [0.5, 0.6) is 0 Å². The Kier molecular flexibility index (Phi) is 2.33. The van der Waals surface area contributed by atoms with Crippen LogP contribution in [0.25, 0.3) is 0 Å². The maximum Gasteiger partial charge on any atom is 0.0355 e. The first-order valence-electron chi connectivity index (χ1n) is 3.15. The Balaban J connectivity index is 3.09. The summed E-state index contributed by atoms with van der Waals surface area (Å²) in [5.74, 6) is 0. The van der Waals surface area contributed by atoms with Gasteiger partial charge in [0.25, 0.3) is 0 Å². The highest BCUT2D eigenvalue weighted by atomic mass is 79.9. The van der Waals surface area contributed by atoms with Gasteiger partial charge < -0.3 is 5.73 Å². The van der Waals surface area contributed by atoms with Gasteiger partial charge in [-0.15, -0.1) is 0 Å². The van der Waals surface area contributed by atoms with Crippen LogP contribution in [0.2, 0.25) is 0 Å². The minimum absolute atomic E-state index is 0.834. The topological polar surface area (TPSA) is 26.0 Å². The smallest absolute Gasteiger partial charge is 0.0355 e. The van der Waals surface area contributed by atoms with Gasteiger partial charge in [-0.1, -0.05) is 33.6 Å². The van der Waals surface area contributed by atoms with Gasteiger partial charge >= 0.3 is 0 Å². The standard InChI is InChI=1S/C8H10BrN/c1-6-2-3-8(10)7(4-6)5-9/h2-4H,5,10H2,1H3. The summed E-state index contributed by atoms with van der Waals surface area (Å²) in [5, 5.41) is 0.834. The van der Waals surface area contributed by atoms with Gasteiger partial charge in [-0.3, -0.25) is 0 Å². The molecule has 0 bridgehead atoms. The van der Waals surface area contributed by atoms with Crippen LogP contribution in [0.1, 0.15) is 11.1 Å². The van der Waals surface area contributed by atoms with Crippen LogP contribution in [0.4, 0.5) is 5.69 Å². The molecule has 54 valence electrons. The van der Waals surface area contributed by atoms with Gasteiger partial charge in [-0.2, -0.15) is 0 Å². The van der Waals surface area contributed by atoms with Gasteiger partial charge in [0.1, 0.15) is 0 Å². The van der Waals surface area contributed by atoms with Crippen LogP contribution in [0.3, 0.4) is 0 Å². The minimum Gasteiger partial charge on any atom is -0.398 e. The van der Waals surface area contributed by atoms with Crippen molar-refractivity contribution < 1.29 is 0 Å². The summed E-state index contributed by atoms with van der Waals surface area (Å²) in [4.78, 5) is 0. The van der Waals surface area contributed by atoms with Crippen molar-refractivity contribution in [2.24, 2.45) is 0 Å². The molecule has 10 heavy (non-hydrogen) atoms. The summed E-state index contributed by atoms with van der Waals surface area (Å²) in [6.07, 6.45) is 0. The summed E-state index contributed by atoms with van der Waals surface area (Å²) in [5.41, 5.74) is 8.95. The minimum atomic E-state index is 0.834. The molecule has 0 unspecified atom stereocenters. The van der Waals surface area contributed by atoms with Crippen LogP contribution in [-0.4, -0.2) is 0 Å². The Hall–Kier alpha value is -0.500. The number of nitrogen functional groups attached to an aromatic ring is 1. The molecule has 0 heterocycles. The highest BCUT2D eigenvalue weighted by Gasteiger charge is 1.95. The molecule has 1 aromatic rings. The molecule has 2 heteroatoms. The first-order chi connectivity index (χ1) is 4.74. The van der Waals surface area contributed by atoms with Crippen molar-refractivity contribution in [3.8, 4) is 0 Å². The lowest BCUT2D eigenvalue weighted by molar-refractivity contribution is 1.37. The van der Waals surface area contributed by atoms with Crippen LogP contribution in [0, 0.1) is 6.92 Å². The quantitative estimate of drug-likeness (QED) is 0.546. The number of benzene rings is 1. The lowest BCUT2D eigenvalue weighted by atomic mass is 10.1. The molecule has 0 aliphatic heterocycles. The fourth-order valence-electron chi connectivity index (χ4n) is 0.850. The van der Waals surface area contributed by atoms with Crippen molar-refractivity contribution in [2.75, 3.05) is 5.73 Å². The zero-order chi connectivity index (χ0) is 7.56. The van der Waals surface area contributed by atoms with Crippen LogP contribution in [-0.2, 0) is 5.33 Å². The van der Waals surface area contributed by atoms with E-state index in [2.05, 4.69) is 28.9 Å². The summed E-state index contributed by atoms with van der Waals surface area (Å²) >= 11 is 3.36. The predicted molar refractivity (Wildman–Crippen MR) is 48.2 cm³/mol. The Morgan fingerprint density at radius 3 is 2.70 bits per heavy atom. The summed E-state index contributed by atoms with van der Waals surface area (Å²) in [6, 6.07) is 6.04. The Labute approximate surface area is 69.4 Å². The molecule has 0 aromatic heterocycles. The van der Waals surface area contributed by atoms with Gasteiger partial charge in [0.05, 0.1) is 0 Å². The molecule has 2 N–H and O–H groups in total. The lowest BCUT2D eigenvalue weighted by Gasteiger charge is -2.01. The molecule has 0 saturated heterocycles. The molecule has 0 radical (unpaired) electrons. The monoisotopic (exact) mass is 199 g/mol. The van der Waals surface area contributed by atoms with Crippen LogP contribution < -0.4 is 5.73 Å². The fourth-order valence-corrected chi connectivity index (χ4v) is 1.34. The molecular weight excluding hydrogens is 190 g/mol. The normalized spacial score (nSPS) is 9.80. The third-order valence-electron chi connectivity index (χ3n) is 1.44. The molecule has 0 aliphatic carbocycles. The molecule has 0 amide bonds. The highest BCUT2D eigenvalue weighted by molar-refractivity contribution is 9.08. The van der Waals surface area contributed by atoms with Crippen molar-refractivity contribution >= 4 is 21.6 Å². The van der Waals surface area contributed by atoms with Gasteiger partial charge in [-0.25, -0.2) is 0 Å². The summed E-state index contributed by atoms with van der Waals surface area (Å²) < 4.78 is 0. The van der Waals surface area contributed by atoms with Crippen molar-refractivity contribution in [2.45, 2.75) is 12.3 Å². The number of anilines is 1. The third kappa shape index (κ3) is 1.51. The number of halogens is 1. The zero-order valence-electron chi connectivity index (χ0n) is 5.89. The van der Waals surface area contributed by atoms with Crippen molar-refractivity contribution in [1.29, 1.82) is 0 Å². The van der Waals surface area contributed by atoms with Gasteiger partial charge in [-0.05, 0) is 18.6 Å². The van der Waals surface area contributed by atoms with Crippen LogP contribution in [0.15, 0.2) is 18.2 Å². The predicted octanol–water partition coefficient (Wildman–Crippen LogP) is 2.47. The van der Waals surface area contributed by atoms with E-state index in [4.69, 9.17) is 5.73 Å². The van der Waals surface area contributed by atoms with Crippen molar-refractivity contribution in [3.05, 3.63) is 29.3 Å². The van der Waals surface area contributed by atoms with Gasteiger partial charge in [0.2, 0.25) is 0 Å².